The zero-order chi connectivity index (χ0) is 13.2. The smallest absolute Gasteiger partial charge is 0.0767 e. The second-order valence-electron chi connectivity index (χ2n) is 4.94. The summed E-state index contributed by atoms with van der Waals surface area (Å²) in [5, 5.41) is 17.4. The van der Waals surface area contributed by atoms with Crippen LogP contribution in [0.4, 0.5) is 0 Å². The van der Waals surface area contributed by atoms with Crippen molar-refractivity contribution < 1.29 is 5.11 Å². The first-order chi connectivity index (χ1) is 7.79. The van der Waals surface area contributed by atoms with Gasteiger partial charge in [0.05, 0.1) is 22.0 Å². The van der Waals surface area contributed by atoms with E-state index in [9.17, 15) is 5.11 Å². The highest BCUT2D eigenvalue weighted by Crippen LogP contribution is 2.22. The molecular formula is C12H22BrN3O. The Hall–Kier alpha value is -0.390. The molecule has 0 saturated heterocycles. The van der Waals surface area contributed by atoms with E-state index in [1.54, 1.807) is 6.92 Å². The normalized spacial score (nSPS) is 14.1. The predicted molar refractivity (Wildman–Crippen MR) is 72.9 cm³/mol. The third-order valence-corrected chi connectivity index (χ3v) is 4.17. The molecule has 4 nitrogen and oxygen atoms in total. The Balaban J connectivity index is 2.80. The number of aliphatic hydroxyl groups excluding tert-OH is 1. The van der Waals surface area contributed by atoms with Crippen molar-refractivity contribution in [2.45, 2.75) is 52.3 Å². The summed E-state index contributed by atoms with van der Waals surface area (Å²) in [7, 11) is 1.94. The molecular weight excluding hydrogens is 282 g/mol. The van der Waals surface area contributed by atoms with E-state index in [0.29, 0.717) is 6.54 Å². The molecule has 5 heteroatoms. The number of hydrogen-bond donors (Lipinski definition) is 2. The van der Waals surface area contributed by atoms with Crippen molar-refractivity contribution in [2.75, 3.05) is 0 Å². The summed E-state index contributed by atoms with van der Waals surface area (Å²) < 4.78 is 2.95. The van der Waals surface area contributed by atoms with Crippen LogP contribution in [0.15, 0.2) is 4.47 Å². The van der Waals surface area contributed by atoms with Crippen molar-refractivity contribution in [3.63, 3.8) is 0 Å². The van der Waals surface area contributed by atoms with Gasteiger partial charge in [0, 0.05) is 19.1 Å². The fourth-order valence-electron chi connectivity index (χ4n) is 1.47. The topological polar surface area (TPSA) is 50.1 Å². The van der Waals surface area contributed by atoms with Crippen molar-refractivity contribution in [3.8, 4) is 0 Å². The molecule has 0 spiro atoms. The molecule has 1 unspecified atom stereocenters. The lowest BCUT2D eigenvalue weighted by molar-refractivity contribution is 0.0951. The van der Waals surface area contributed by atoms with E-state index < -0.39 is 6.10 Å². The largest absolute Gasteiger partial charge is 0.392 e. The van der Waals surface area contributed by atoms with Crippen molar-refractivity contribution in [1.29, 1.82) is 0 Å². The highest BCUT2D eigenvalue weighted by Gasteiger charge is 2.24. The summed E-state index contributed by atoms with van der Waals surface area (Å²) in [6.07, 6.45) is 0.508. The number of nitrogens with one attached hydrogen (secondary N) is 1. The van der Waals surface area contributed by atoms with Gasteiger partial charge < -0.3 is 10.4 Å². The van der Waals surface area contributed by atoms with Gasteiger partial charge in [-0.25, -0.2) is 0 Å². The second kappa shape index (κ2) is 5.50. The second-order valence-corrected chi connectivity index (χ2v) is 5.73. The lowest BCUT2D eigenvalue weighted by Gasteiger charge is -2.29. The monoisotopic (exact) mass is 303 g/mol. The van der Waals surface area contributed by atoms with Crippen LogP contribution in [0.5, 0.6) is 0 Å². The number of rotatable bonds is 5. The average Bonchev–Trinajstić information content (AvgIpc) is 2.51. The van der Waals surface area contributed by atoms with Crippen LogP contribution in [-0.4, -0.2) is 26.5 Å². The van der Waals surface area contributed by atoms with Gasteiger partial charge in [0.2, 0.25) is 0 Å². The zero-order valence-electron chi connectivity index (χ0n) is 11.2. The van der Waals surface area contributed by atoms with E-state index in [0.717, 1.165) is 22.3 Å². The molecule has 17 heavy (non-hydrogen) atoms. The maximum atomic E-state index is 9.65. The van der Waals surface area contributed by atoms with Gasteiger partial charge in [-0.2, -0.15) is 5.10 Å². The molecule has 0 radical (unpaired) electrons. The van der Waals surface area contributed by atoms with Gasteiger partial charge in [-0.15, -0.1) is 0 Å². The van der Waals surface area contributed by atoms with E-state index in [-0.39, 0.29) is 5.54 Å². The van der Waals surface area contributed by atoms with Crippen LogP contribution in [0.2, 0.25) is 0 Å². The molecule has 0 aliphatic carbocycles. The number of halogens is 1. The third-order valence-electron chi connectivity index (χ3n) is 3.26. The van der Waals surface area contributed by atoms with E-state index in [2.05, 4.69) is 33.3 Å². The summed E-state index contributed by atoms with van der Waals surface area (Å²) in [5.74, 6) is 0. The summed E-state index contributed by atoms with van der Waals surface area (Å²) in [5.41, 5.74) is 1.87. The Morgan fingerprint density at radius 2 is 2.12 bits per heavy atom. The minimum absolute atomic E-state index is 0.309. The number of aromatic nitrogens is 2. The highest BCUT2D eigenvalue weighted by molar-refractivity contribution is 9.10. The quantitative estimate of drug-likeness (QED) is 0.875. The van der Waals surface area contributed by atoms with Gasteiger partial charge in [-0.05, 0) is 43.1 Å². The van der Waals surface area contributed by atoms with Crippen LogP contribution in [0.3, 0.4) is 0 Å². The first kappa shape index (κ1) is 14.7. The van der Waals surface area contributed by atoms with Crippen molar-refractivity contribution in [3.05, 3.63) is 15.9 Å². The third kappa shape index (κ3) is 3.30. The van der Waals surface area contributed by atoms with Gasteiger partial charge in [0.1, 0.15) is 0 Å². The molecule has 0 saturated carbocycles. The van der Waals surface area contributed by atoms with Crippen LogP contribution >= 0.6 is 15.9 Å². The predicted octanol–water partition coefficient (Wildman–Crippen LogP) is 1.99. The van der Waals surface area contributed by atoms with Crippen LogP contribution < -0.4 is 5.32 Å². The Labute approximate surface area is 112 Å². The number of nitrogens with zero attached hydrogens (tertiary/aromatic N) is 2. The zero-order valence-corrected chi connectivity index (χ0v) is 12.8. The SMILES string of the molecule is CCc1nn(C)c(CNC(C)(C)C(C)O)c1Br. The Morgan fingerprint density at radius 1 is 1.53 bits per heavy atom. The van der Waals surface area contributed by atoms with Gasteiger partial charge in [0.25, 0.3) is 0 Å². The molecule has 1 rings (SSSR count). The molecule has 1 aromatic heterocycles. The molecule has 0 aliphatic rings. The fourth-order valence-corrected chi connectivity index (χ4v) is 2.23. The molecule has 1 heterocycles. The van der Waals surface area contributed by atoms with E-state index in [1.165, 1.54) is 0 Å². The molecule has 0 amide bonds. The molecule has 1 atom stereocenters. The first-order valence-electron chi connectivity index (χ1n) is 5.93. The number of hydrogen-bond acceptors (Lipinski definition) is 3. The molecule has 1 aromatic rings. The lowest BCUT2D eigenvalue weighted by atomic mass is 9.99. The van der Waals surface area contributed by atoms with Crippen LogP contribution in [0.25, 0.3) is 0 Å². The van der Waals surface area contributed by atoms with Crippen molar-refractivity contribution in [1.82, 2.24) is 15.1 Å². The standard InChI is InChI=1S/C12H22BrN3O/c1-6-9-11(13)10(16(5)15-9)7-14-12(3,4)8(2)17/h8,14,17H,6-7H2,1-5H3. The van der Waals surface area contributed by atoms with Gasteiger partial charge in [0.15, 0.2) is 0 Å². The lowest BCUT2D eigenvalue weighted by Crippen LogP contribution is -2.47. The van der Waals surface area contributed by atoms with Crippen molar-refractivity contribution in [2.24, 2.45) is 7.05 Å². The van der Waals surface area contributed by atoms with Crippen LogP contribution in [-0.2, 0) is 20.0 Å². The van der Waals surface area contributed by atoms with Gasteiger partial charge in [-0.1, -0.05) is 6.92 Å². The van der Waals surface area contributed by atoms with E-state index in [1.807, 2.05) is 25.6 Å². The average molecular weight is 304 g/mol. The molecule has 98 valence electrons. The van der Waals surface area contributed by atoms with Crippen molar-refractivity contribution >= 4 is 15.9 Å². The van der Waals surface area contributed by atoms with Crippen LogP contribution in [0.1, 0.15) is 39.1 Å². The first-order valence-corrected chi connectivity index (χ1v) is 6.72. The van der Waals surface area contributed by atoms with E-state index in [4.69, 9.17) is 0 Å². The van der Waals surface area contributed by atoms with Gasteiger partial charge >= 0.3 is 0 Å². The Bertz CT molecular complexity index is 385. The van der Waals surface area contributed by atoms with Crippen LogP contribution in [0, 0.1) is 0 Å². The maximum absolute atomic E-state index is 9.65. The number of aryl methyl sites for hydroxylation is 2. The summed E-state index contributed by atoms with van der Waals surface area (Å²) in [6.45, 7) is 8.54. The summed E-state index contributed by atoms with van der Waals surface area (Å²) in [6, 6.07) is 0. The Morgan fingerprint density at radius 3 is 2.53 bits per heavy atom. The highest BCUT2D eigenvalue weighted by atomic mass is 79.9. The minimum Gasteiger partial charge on any atom is -0.392 e. The number of aliphatic hydroxyl groups is 1. The Kier molecular flexibility index (Phi) is 4.75. The molecule has 0 bridgehead atoms. The maximum Gasteiger partial charge on any atom is 0.0767 e. The molecule has 0 aromatic carbocycles. The molecule has 0 fully saturated rings. The summed E-state index contributed by atoms with van der Waals surface area (Å²) >= 11 is 3.58. The molecule has 0 aliphatic heterocycles. The van der Waals surface area contributed by atoms with Gasteiger partial charge in [-0.3, -0.25) is 4.68 Å². The fraction of sp³-hybridized carbons (Fsp3) is 0.750. The summed E-state index contributed by atoms with van der Waals surface area (Å²) in [4.78, 5) is 0. The minimum atomic E-state index is -0.403. The van der Waals surface area contributed by atoms with E-state index >= 15 is 0 Å². The molecule has 2 N–H and O–H groups in total.